The van der Waals surface area contributed by atoms with Gasteiger partial charge in [-0.2, -0.15) is 0 Å². The Morgan fingerprint density at radius 1 is 0.352 bits per heavy atom. The Hall–Kier alpha value is -7.16. The molecule has 0 radical (unpaired) electrons. The summed E-state index contributed by atoms with van der Waals surface area (Å²) in [5.74, 6) is 0. The van der Waals surface area contributed by atoms with Gasteiger partial charge >= 0.3 is 0 Å². The number of hydrogen-bond donors (Lipinski definition) is 0. The van der Waals surface area contributed by atoms with Crippen LogP contribution >= 0.6 is 0 Å². The summed E-state index contributed by atoms with van der Waals surface area (Å²) in [4.78, 5) is 0.829. The number of benzene rings is 9. The average molecular weight is 702 g/mol. The van der Waals surface area contributed by atoms with Crippen LogP contribution in [0.3, 0.4) is 0 Å². The predicted molar refractivity (Wildman–Crippen MR) is 228 cm³/mol. The third-order valence-corrected chi connectivity index (χ3v) is 9.50. The Labute approximate surface area is 331 Å². The maximum atomic E-state index is 9.56. The fraction of sp³-hybridized carbons (Fsp3) is 0. The first-order valence-electron chi connectivity index (χ1n) is 23.4. The van der Waals surface area contributed by atoms with Crippen LogP contribution in [0.1, 0.15) is 16.4 Å². The average Bonchev–Trinajstić information content (AvgIpc) is 3.72. The van der Waals surface area contributed by atoms with Gasteiger partial charge in [-0.1, -0.05) is 164 Å². The zero-order valence-corrected chi connectivity index (χ0v) is 28.6. The zero-order chi connectivity index (χ0) is 46.3. The van der Waals surface area contributed by atoms with Gasteiger partial charge in [-0.3, -0.25) is 0 Å². The number of nitrogens with zero attached hydrogens (tertiary/aromatic N) is 1. The molecule has 0 aliphatic rings. The SMILES string of the molecule is [2H]c1c([2H])c(N(c2c([2H])c([2H])c(-c3ccc(-c4ccc5ccccc5c4)cc3)c([2H])c2[2H])c2c([2H])c([2H])c(-c3cccc4c3oc3ccccc34)c([2H])c2[2H])c([2H])c([2H])c1-c1ccccc1. The number of fused-ring (bicyclic) bond motifs is 4. The van der Waals surface area contributed by atoms with Crippen molar-refractivity contribution in [1.29, 1.82) is 0 Å². The highest BCUT2D eigenvalue weighted by Gasteiger charge is 2.16. The number of furan rings is 1. The summed E-state index contributed by atoms with van der Waals surface area (Å²) < 4.78 is 119. The van der Waals surface area contributed by atoms with Crippen molar-refractivity contribution in [3.8, 4) is 44.5 Å². The van der Waals surface area contributed by atoms with E-state index in [1.54, 1.807) is 60.7 Å². The number of para-hydroxylation sites is 2. The van der Waals surface area contributed by atoms with Crippen LogP contribution in [0.4, 0.5) is 17.1 Å². The van der Waals surface area contributed by atoms with E-state index in [9.17, 15) is 16.4 Å². The van der Waals surface area contributed by atoms with Crippen molar-refractivity contribution in [2.24, 2.45) is 0 Å². The summed E-state index contributed by atoms with van der Waals surface area (Å²) in [6.07, 6.45) is 0. The van der Waals surface area contributed by atoms with Crippen LogP contribution in [0, 0.1) is 0 Å². The minimum absolute atomic E-state index is 0.0508. The third kappa shape index (κ3) is 5.81. The highest BCUT2D eigenvalue weighted by atomic mass is 16.3. The molecule has 254 valence electrons. The molecular formula is C52H35NO. The first-order valence-corrected chi connectivity index (χ1v) is 17.4. The minimum atomic E-state index is -0.701. The highest BCUT2D eigenvalue weighted by molar-refractivity contribution is 6.09. The van der Waals surface area contributed by atoms with E-state index >= 15 is 0 Å². The van der Waals surface area contributed by atoms with E-state index in [-0.39, 0.29) is 22.3 Å². The molecular weight excluding hydrogens is 655 g/mol. The second-order valence-electron chi connectivity index (χ2n) is 12.8. The van der Waals surface area contributed by atoms with Crippen molar-refractivity contribution in [3.63, 3.8) is 0 Å². The van der Waals surface area contributed by atoms with Crippen LogP contribution in [-0.4, -0.2) is 0 Å². The van der Waals surface area contributed by atoms with E-state index < -0.39 is 89.6 Å². The van der Waals surface area contributed by atoms with E-state index in [4.69, 9.17) is 4.42 Å². The Balaban J connectivity index is 1.20. The first kappa shape index (κ1) is 21.4. The van der Waals surface area contributed by atoms with Crippen molar-refractivity contribution in [2.75, 3.05) is 4.90 Å². The largest absolute Gasteiger partial charge is 0.455 e. The lowest BCUT2D eigenvalue weighted by atomic mass is 9.98. The first-order chi connectivity index (χ1) is 31.8. The van der Waals surface area contributed by atoms with E-state index in [2.05, 4.69) is 6.07 Å². The van der Waals surface area contributed by atoms with Gasteiger partial charge in [0.1, 0.15) is 11.2 Å². The lowest BCUT2D eigenvalue weighted by Crippen LogP contribution is -2.09. The summed E-state index contributed by atoms with van der Waals surface area (Å²) in [5.41, 5.74) is 1.62. The van der Waals surface area contributed by atoms with E-state index in [1.165, 1.54) is 0 Å². The van der Waals surface area contributed by atoms with Crippen molar-refractivity contribution in [2.45, 2.75) is 0 Å². The molecule has 0 spiro atoms. The van der Waals surface area contributed by atoms with E-state index in [0.717, 1.165) is 32.2 Å². The topological polar surface area (TPSA) is 16.4 Å². The van der Waals surface area contributed by atoms with E-state index in [1.807, 2.05) is 72.8 Å². The van der Waals surface area contributed by atoms with Gasteiger partial charge < -0.3 is 9.32 Å². The molecule has 0 bridgehead atoms. The molecule has 0 saturated carbocycles. The van der Waals surface area contributed by atoms with Gasteiger partial charge in [0.25, 0.3) is 0 Å². The van der Waals surface area contributed by atoms with Crippen molar-refractivity contribution in [3.05, 3.63) is 212 Å². The van der Waals surface area contributed by atoms with Gasteiger partial charge in [0.15, 0.2) is 0 Å². The van der Waals surface area contributed by atoms with E-state index in [0.29, 0.717) is 27.7 Å². The molecule has 0 unspecified atom stereocenters. The molecule has 9 aromatic carbocycles. The smallest absolute Gasteiger partial charge is 0.143 e. The molecule has 2 nitrogen and oxygen atoms in total. The van der Waals surface area contributed by atoms with Gasteiger partial charge in [-0.05, 0) is 98.1 Å². The molecule has 2 heteroatoms. The molecule has 0 amide bonds. The highest BCUT2D eigenvalue weighted by Crippen LogP contribution is 2.40. The normalized spacial score (nSPS) is 14.4. The monoisotopic (exact) mass is 701 g/mol. The summed E-state index contributed by atoms with van der Waals surface area (Å²) in [7, 11) is 0. The molecule has 0 N–H and O–H groups in total. The number of anilines is 3. The fourth-order valence-corrected chi connectivity index (χ4v) is 6.76. The molecule has 0 aliphatic carbocycles. The molecule has 0 saturated heterocycles. The number of rotatable bonds is 7. The Morgan fingerprint density at radius 3 is 1.52 bits per heavy atom. The third-order valence-electron chi connectivity index (χ3n) is 9.50. The molecule has 1 heterocycles. The maximum absolute atomic E-state index is 9.56. The molecule has 0 aliphatic heterocycles. The Bertz CT molecular complexity index is 3540. The van der Waals surface area contributed by atoms with Crippen LogP contribution in [0.2, 0.25) is 0 Å². The molecule has 10 aromatic rings. The van der Waals surface area contributed by atoms with Crippen LogP contribution in [0.5, 0.6) is 0 Å². The Kier molecular flexibility index (Phi) is 5.32. The van der Waals surface area contributed by atoms with Crippen molar-refractivity contribution in [1.82, 2.24) is 0 Å². The predicted octanol–water partition coefficient (Wildman–Crippen LogP) is 14.9. The van der Waals surface area contributed by atoms with Gasteiger partial charge in [0, 0.05) is 33.4 Å². The quantitative estimate of drug-likeness (QED) is 0.164. The number of hydrogen-bond acceptors (Lipinski definition) is 2. The summed E-state index contributed by atoms with van der Waals surface area (Å²) in [6.45, 7) is 0. The minimum Gasteiger partial charge on any atom is -0.455 e. The summed E-state index contributed by atoms with van der Waals surface area (Å²) in [5, 5.41) is 3.59. The lowest BCUT2D eigenvalue weighted by Gasteiger charge is -2.26. The summed E-state index contributed by atoms with van der Waals surface area (Å²) >= 11 is 0. The molecule has 0 fully saturated rings. The lowest BCUT2D eigenvalue weighted by molar-refractivity contribution is 0.670. The van der Waals surface area contributed by atoms with Crippen LogP contribution in [-0.2, 0) is 0 Å². The zero-order valence-electron chi connectivity index (χ0n) is 40.6. The second kappa shape index (κ2) is 13.4. The van der Waals surface area contributed by atoms with Crippen LogP contribution in [0.15, 0.2) is 216 Å². The molecule has 0 atom stereocenters. The van der Waals surface area contributed by atoms with Gasteiger partial charge in [0.05, 0.1) is 16.4 Å². The molecule has 10 rings (SSSR count). The van der Waals surface area contributed by atoms with Crippen molar-refractivity contribution < 1.29 is 20.9 Å². The van der Waals surface area contributed by atoms with Crippen molar-refractivity contribution >= 4 is 49.8 Å². The van der Waals surface area contributed by atoms with Gasteiger partial charge in [-0.15, -0.1) is 0 Å². The van der Waals surface area contributed by atoms with Crippen LogP contribution < -0.4 is 4.90 Å². The maximum Gasteiger partial charge on any atom is 0.143 e. The second-order valence-corrected chi connectivity index (χ2v) is 12.8. The molecule has 54 heavy (non-hydrogen) atoms. The van der Waals surface area contributed by atoms with Gasteiger partial charge in [0.2, 0.25) is 0 Å². The summed E-state index contributed by atoms with van der Waals surface area (Å²) in [6, 6.07) is 34.6. The molecule has 1 aromatic heterocycles. The standard InChI is InChI=1S/C52H35NO/c1-2-9-36(10-3-1)39-23-29-45(30-24-39)53(47-33-27-42(28-34-47)48-14-8-15-50-49-13-6-7-16-51(49)54-52(48)50)46-31-25-40(26-32-46)38-17-19-41(20-18-38)44-22-21-37-11-4-5-12-43(37)35-44/h1-35H/i23D,24D,25D,26D,27D,28D,29D,30D,31D,32D,33D,34D. The Morgan fingerprint density at radius 2 is 0.852 bits per heavy atom. The fourth-order valence-electron chi connectivity index (χ4n) is 6.76. The van der Waals surface area contributed by atoms with Crippen LogP contribution in [0.25, 0.3) is 77.2 Å². The van der Waals surface area contributed by atoms with Gasteiger partial charge in [-0.25, -0.2) is 0 Å².